The Hall–Kier alpha value is -1.28. The first-order chi connectivity index (χ1) is 15.6. The van der Waals surface area contributed by atoms with Crippen molar-refractivity contribution in [2.45, 2.75) is 71.1 Å². The number of carbonyl (C=O) groups is 1. The molecule has 186 valence electrons. The van der Waals surface area contributed by atoms with E-state index in [2.05, 4.69) is 33.0 Å². The van der Waals surface area contributed by atoms with Gasteiger partial charge in [-0.3, -0.25) is 4.79 Å². The van der Waals surface area contributed by atoms with Crippen LogP contribution in [-0.4, -0.2) is 60.7 Å². The SMILES string of the molecule is CC(C)Oc1ccc(Br)c(CC2CCN(CCCC3CCN(C(=O)C(F)(F)F)CC3)CC2)c1. The Kier molecular flexibility index (Phi) is 9.51. The van der Waals surface area contributed by atoms with Gasteiger partial charge in [0.1, 0.15) is 5.75 Å². The number of alkyl halides is 3. The topological polar surface area (TPSA) is 32.8 Å². The fourth-order valence-corrected chi connectivity index (χ4v) is 5.39. The van der Waals surface area contributed by atoms with E-state index in [0.717, 1.165) is 54.0 Å². The zero-order valence-corrected chi connectivity index (χ0v) is 21.3. The number of likely N-dealkylation sites (tertiary alicyclic amines) is 2. The van der Waals surface area contributed by atoms with Gasteiger partial charge < -0.3 is 14.5 Å². The van der Waals surface area contributed by atoms with Crippen molar-refractivity contribution in [3.05, 3.63) is 28.2 Å². The summed E-state index contributed by atoms with van der Waals surface area (Å²) in [7, 11) is 0. The first-order valence-electron chi connectivity index (χ1n) is 12.2. The quantitative estimate of drug-likeness (QED) is 0.407. The molecule has 2 heterocycles. The first kappa shape index (κ1) is 26.3. The zero-order valence-electron chi connectivity index (χ0n) is 19.7. The van der Waals surface area contributed by atoms with Gasteiger partial charge in [0.05, 0.1) is 6.10 Å². The summed E-state index contributed by atoms with van der Waals surface area (Å²) in [5.74, 6) is 0.337. The Balaban J connectivity index is 1.33. The van der Waals surface area contributed by atoms with Crippen LogP contribution in [0.5, 0.6) is 5.75 Å². The number of hydrogen-bond acceptors (Lipinski definition) is 3. The van der Waals surface area contributed by atoms with Crippen molar-refractivity contribution in [2.75, 3.05) is 32.7 Å². The van der Waals surface area contributed by atoms with Gasteiger partial charge in [0, 0.05) is 17.6 Å². The first-order valence-corrected chi connectivity index (χ1v) is 12.9. The summed E-state index contributed by atoms with van der Waals surface area (Å²) in [6.07, 6.45) is 2.29. The van der Waals surface area contributed by atoms with Crippen LogP contribution < -0.4 is 4.74 Å². The Bertz CT molecular complexity index is 771. The molecule has 0 bridgehead atoms. The number of ether oxygens (including phenoxy) is 1. The van der Waals surface area contributed by atoms with Crippen molar-refractivity contribution in [3.8, 4) is 5.75 Å². The molecule has 0 aromatic heterocycles. The molecule has 1 aromatic rings. The van der Waals surface area contributed by atoms with Gasteiger partial charge in [-0.15, -0.1) is 0 Å². The molecule has 2 saturated heterocycles. The summed E-state index contributed by atoms with van der Waals surface area (Å²) in [5, 5.41) is 0. The van der Waals surface area contributed by atoms with Gasteiger partial charge in [-0.2, -0.15) is 13.2 Å². The zero-order chi connectivity index (χ0) is 24.0. The van der Waals surface area contributed by atoms with E-state index in [1.165, 1.54) is 18.4 Å². The number of rotatable bonds is 8. The number of piperidine rings is 2. The molecule has 2 fully saturated rings. The third-order valence-electron chi connectivity index (χ3n) is 6.84. The van der Waals surface area contributed by atoms with E-state index in [0.29, 0.717) is 24.7 Å². The molecule has 4 nitrogen and oxygen atoms in total. The summed E-state index contributed by atoms with van der Waals surface area (Å²) in [6, 6.07) is 6.24. The molecule has 0 atom stereocenters. The van der Waals surface area contributed by atoms with Gasteiger partial charge in [-0.05, 0) is 114 Å². The maximum atomic E-state index is 12.6. The normalized spacial score (nSPS) is 19.3. The van der Waals surface area contributed by atoms with Crippen LogP contribution in [0.25, 0.3) is 0 Å². The lowest BCUT2D eigenvalue weighted by molar-refractivity contribution is -0.186. The molecule has 2 aliphatic heterocycles. The average molecular weight is 533 g/mol. The third kappa shape index (κ3) is 8.16. The number of carbonyl (C=O) groups excluding carboxylic acids is 1. The van der Waals surface area contributed by atoms with Gasteiger partial charge in [0.25, 0.3) is 0 Å². The molecule has 0 saturated carbocycles. The van der Waals surface area contributed by atoms with Crippen molar-refractivity contribution in [1.82, 2.24) is 9.80 Å². The highest BCUT2D eigenvalue weighted by Gasteiger charge is 2.43. The second-order valence-corrected chi connectivity index (χ2v) is 10.6. The smallest absolute Gasteiger partial charge is 0.471 e. The van der Waals surface area contributed by atoms with Crippen molar-refractivity contribution in [3.63, 3.8) is 0 Å². The molecule has 0 N–H and O–H groups in total. The molecule has 1 aromatic carbocycles. The molecule has 0 radical (unpaired) electrons. The maximum absolute atomic E-state index is 12.6. The summed E-state index contributed by atoms with van der Waals surface area (Å²) < 4.78 is 44.7. The lowest BCUT2D eigenvalue weighted by Crippen LogP contribution is -2.45. The minimum atomic E-state index is -4.75. The monoisotopic (exact) mass is 532 g/mol. The van der Waals surface area contributed by atoms with Crippen LogP contribution in [-0.2, 0) is 11.2 Å². The molecule has 2 aliphatic rings. The molecular formula is C25H36BrF3N2O2. The number of benzene rings is 1. The molecule has 33 heavy (non-hydrogen) atoms. The molecule has 0 unspecified atom stereocenters. The van der Waals surface area contributed by atoms with Crippen LogP contribution in [0.1, 0.15) is 57.9 Å². The van der Waals surface area contributed by atoms with Crippen molar-refractivity contribution < 1.29 is 22.7 Å². The van der Waals surface area contributed by atoms with E-state index in [4.69, 9.17) is 4.74 Å². The second-order valence-electron chi connectivity index (χ2n) is 9.78. The summed E-state index contributed by atoms with van der Waals surface area (Å²) in [5.41, 5.74) is 1.31. The number of hydrogen-bond donors (Lipinski definition) is 0. The van der Waals surface area contributed by atoms with Gasteiger partial charge in [-0.1, -0.05) is 15.9 Å². The number of halogens is 4. The largest absolute Gasteiger partial charge is 0.491 e. The highest BCUT2D eigenvalue weighted by molar-refractivity contribution is 9.10. The number of amides is 1. The fraction of sp³-hybridized carbons (Fsp3) is 0.720. The fourth-order valence-electron chi connectivity index (χ4n) is 4.99. The molecule has 8 heteroatoms. The summed E-state index contributed by atoms with van der Waals surface area (Å²) in [6.45, 7) is 7.78. The Labute approximate surface area is 204 Å². The standard InChI is InChI=1S/C25H36BrF3N2O2/c1-18(2)33-22-5-6-23(26)21(17-22)16-20-7-12-30(13-8-20)11-3-4-19-9-14-31(15-10-19)24(32)25(27,28)29/h5-6,17-20H,3-4,7-16H2,1-2H3. The van der Waals surface area contributed by atoms with Crippen LogP contribution in [0.3, 0.4) is 0 Å². The minimum absolute atomic E-state index is 0.164. The lowest BCUT2D eigenvalue weighted by atomic mass is 9.89. The van der Waals surface area contributed by atoms with Crippen LogP contribution in [0.4, 0.5) is 13.2 Å². The second kappa shape index (κ2) is 11.9. The molecule has 1 amide bonds. The van der Waals surface area contributed by atoms with E-state index in [9.17, 15) is 18.0 Å². The van der Waals surface area contributed by atoms with Crippen LogP contribution in [0, 0.1) is 11.8 Å². The van der Waals surface area contributed by atoms with Crippen LogP contribution in [0.15, 0.2) is 22.7 Å². The maximum Gasteiger partial charge on any atom is 0.471 e. The van der Waals surface area contributed by atoms with E-state index in [-0.39, 0.29) is 19.2 Å². The van der Waals surface area contributed by atoms with Crippen LogP contribution >= 0.6 is 15.9 Å². The van der Waals surface area contributed by atoms with Gasteiger partial charge in [0.2, 0.25) is 0 Å². The molecule has 0 aliphatic carbocycles. The van der Waals surface area contributed by atoms with Crippen molar-refractivity contribution >= 4 is 21.8 Å². The Morgan fingerprint density at radius 3 is 2.33 bits per heavy atom. The Morgan fingerprint density at radius 2 is 1.73 bits per heavy atom. The van der Waals surface area contributed by atoms with Crippen molar-refractivity contribution in [1.29, 1.82) is 0 Å². The van der Waals surface area contributed by atoms with Crippen LogP contribution in [0.2, 0.25) is 0 Å². The van der Waals surface area contributed by atoms with E-state index < -0.39 is 12.1 Å². The predicted octanol–water partition coefficient (Wildman–Crippen LogP) is 6.07. The molecular weight excluding hydrogens is 497 g/mol. The van der Waals surface area contributed by atoms with Gasteiger partial charge in [0.15, 0.2) is 0 Å². The Morgan fingerprint density at radius 1 is 1.09 bits per heavy atom. The van der Waals surface area contributed by atoms with Gasteiger partial charge in [-0.25, -0.2) is 0 Å². The van der Waals surface area contributed by atoms with E-state index in [1.807, 2.05) is 19.9 Å². The minimum Gasteiger partial charge on any atom is -0.491 e. The average Bonchev–Trinajstić information content (AvgIpc) is 2.76. The predicted molar refractivity (Wildman–Crippen MR) is 127 cm³/mol. The van der Waals surface area contributed by atoms with Crippen molar-refractivity contribution in [2.24, 2.45) is 11.8 Å². The van der Waals surface area contributed by atoms with E-state index >= 15 is 0 Å². The highest BCUT2D eigenvalue weighted by atomic mass is 79.9. The summed E-state index contributed by atoms with van der Waals surface area (Å²) >= 11 is 3.69. The van der Waals surface area contributed by atoms with Gasteiger partial charge >= 0.3 is 12.1 Å². The van der Waals surface area contributed by atoms with E-state index in [1.54, 1.807) is 0 Å². The summed E-state index contributed by atoms with van der Waals surface area (Å²) in [4.78, 5) is 14.8. The lowest BCUT2D eigenvalue weighted by Gasteiger charge is -2.34. The molecule has 0 spiro atoms. The third-order valence-corrected chi connectivity index (χ3v) is 7.61. The molecule has 3 rings (SSSR count). The highest BCUT2D eigenvalue weighted by Crippen LogP contribution is 2.30. The number of nitrogens with zero attached hydrogens (tertiary/aromatic N) is 2.